The Hall–Kier alpha value is -1.30. The van der Waals surface area contributed by atoms with Crippen molar-refractivity contribution in [2.75, 3.05) is 27.4 Å². The molecule has 1 saturated heterocycles. The number of likely N-dealkylation sites (tertiary alicyclic amines) is 1. The Morgan fingerprint density at radius 1 is 1.26 bits per heavy atom. The van der Waals surface area contributed by atoms with E-state index in [1.165, 1.54) is 12.0 Å². The Kier molecular flexibility index (Phi) is 5.17. The van der Waals surface area contributed by atoms with E-state index in [9.17, 15) is 9.59 Å². The fourth-order valence-electron chi connectivity index (χ4n) is 2.16. The average Bonchev–Trinajstić information content (AvgIpc) is 2.70. The summed E-state index contributed by atoms with van der Waals surface area (Å²) in [7, 11) is 2.92. The standard InChI is InChI=1S/C13H23NO5/c1-13(2,3)19-12(16)14-7-9(8-17-4)6-10(14)11(15)18-5/h9-10H,6-8H2,1-5H3/t9-,10-/m1/s1. The van der Waals surface area contributed by atoms with Crippen molar-refractivity contribution in [2.24, 2.45) is 5.92 Å². The molecule has 0 bridgehead atoms. The lowest BCUT2D eigenvalue weighted by atomic mass is 10.1. The minimum atomic E-state index is -0.586. The van der Waals surface area contributed by atoms with Crippen molar-refractivity contribution in [2.45, 2.75) is 38.8 Å². The lowest BCUT2D eigenvalue weighted by molar-refractivity contribution is -0.145. The second-order valence-electron chi connectivity index (χ2n) is 5.73. The van der Waals surface area contributed by atoms with Crippen LogP contribution in [0.15, 0.2) is 0 Å². The summed E-state index contributed by atoms with van der Waals surface area (Å²) >= 11 is 0. The number of ether oxygens (including phenoxy) is 3. The van der Waals surface area contributed by atoms with Crippen LogP contribution in [0.4, 0.5) is 4.79 Å². The van der Waals surface area contributed by atoms with E-state index in [-0.39, 0.29) is 5.92 Å². The second kappa shape index (κ2) is 6.23. The summed E-state index contributed by atoms with van der Waals surface area (Å²) in [6.07, 6.45) is 0.0567. The first-order valence-corrected chi connectivity index (χ1v) is 6.35. The number of carbonyl (C=O) groups is 2. The quantitative estimate of drug-likeness (QED) is 0.728. The van der Waals surface area contributed by atoms with Crippen molar-refractivity contribution in [3.63, 3.8) is 0 Å². The predicted molar refractivity (Wildman–Crippen MR) is 68.7 cm³/mol. The Morgan fingerprint density at radius 3 is 2.37 bits per heavy atom. The molecule has 1 fully saturated rings. The van der Waals surface area contributed by atoms with Gasteiger partial charge in [-0.3, -0.25) is 4.90 Å². The highest BCUT2D eigenvalue weighted by Gasteiger charge is 2.42. The van der Waals surface area contributed by atoms with Crippen LogP contribution in [0, 0.1) is 5.92 Å². The summed E-state index contributed by atoms with van der Waals surface area (Å²) in [4.78, 5) is 25.3. The van der Waals surface area contributed by atoms with Crippen molar-refractivity contribution in [1.82, 2.24) is 4.90 Å². The number of carbonyl (C=O) groups excluding carboxylic acids is 2. The molecule has 110 valence electrons. The number of esters is 1. The van der Waals surface area contributed by atoms with E-state index in [1.807, 2.05) is 0 Å². The van der Waals surface area contributed by atoms with Gasteiger partial charge in [0.2, 0.25) is 0 Å². The van der Waals surface area contributed by atoms with E-state index in [1.54, 1.807) is 27.9 Å². The highest BCUT2D eigenvalue weighted by atomic mass is 16.6. The summed E-state index contributed by atoms with van der Waals surface area (Å²) in [5.41, 5.74) is -0.586. The monoisotopic (exact) mass is 273 g/mol. The molecule has 1 heterocycles. The SMILES string of the molecule is COC[C@@H]1C[C@H](C(=O)OC)N(C(=O)OC(C)(C)C)C1. The molecule has 0 aromatic carbocycles. The van der Waals surface area contributed by atoms with Gasteiger partial charge in [-0.1, -0.05) is 0 Å². The van der Waals surface area contributed by atoms with Crippen LogP contribution in [-0.2, 0) is 19.0 Å². The zero-order valence-corrected chi connectivity index (χ0v) is 12.3. The topological polar surface area (TPSA) is 65.1 Å². The van der Waals surface area contributed by atoms with Crippen LogP contribution in [0.1, 0.15) is 27.2 Å². The maximum absolute atomic E-state index is 12.1. The van der Waals surface area contributed by atoms with Crippen molar-refractivity contribution in [1.29, 1.82) is 0 Å². The molecule has 0 saturated carbocycles. The maximum Gasteiger partial charge on any atom is 0.411 e. The van der Waals surface area contributed by atoms with Crippen molar-refractivity contribution >= 4 is 12.1 Å². The molecule has 0 radical (unpaired) electrons. The molecule has 0 N–H and O–H groups in total. The molecule has 2 atom stereocenters. The minimum Gasteiger partial charge on any atom is -0.467 e. The molecule has 1 rings (SSSR count). The van der Waals surface area contributed by atoms with Gasteiger partial charge in [-0.15, -0.1) is 0 Å². The number of nitrogens with zero attached hydrogens (tertiary/aromatic N) is 1. The normalized spacial score (nSPS) is 23.3. The summed E-state index contributed by atoms with van der Waals surface area (Å²) in [6, 6.07) is -0.583. The molecule has 1 aliphatic rings. The van der Waals surface area contributed by atoms with Gasteiger partial charge in [0.15, 0.2) is 0 Å². The van der Waals surface area contributed by atoms with Gasteiger partial charge in [0, 0.05) is 19.6 Å². The zero-order chi connectivity index (χ0) is 14.6. The van der Waals surface area contributed by atoms with Gasteiger partial charge in [-0.05, 0) is 27.2 Å². The third-order valence-corrected chi connectivity index (χ3v) is 2.89. The van der Waals surface area contributed by atoms with E-state index in [2.05, 4.69) is 0 Å². The highest BCUT2D eigenvalue weighted by Crippen LogP contribution is 2.26. The van der Waals surface area contributed by atoms with E-state index in [0.29, 0.717) is 19.6 Å². The maximum atomic E-state index is 12.1. The van der Waals surface area contributed by atoms with Gasteiger partial charge in [-0.25, -0.2) is 9.59 Å². The van der Waals surface area contributed by atoms with Crippen molar-refractivity contribution < 1.29 is 23.8 Å². The first-order valence-electron chi connectivity index (χ1n) is 6.35. The molecule has 6 heteroatoms. The Labute approximate surface area is 114 Å². The fourth-order valence-corrected chi connectivity index (χ4v) is 2.16. The number of hydrogen-bond acceptors (Lipinski definition) is 5. The van der Waals surface area contributed by atoms with Crippen LogP contribution in [-0.4, -0.2) is 56.0 Å². The molecule has 0 aromatic heterocycles. The number of methoxy groups -OCH3 is 2. The third kappa shape index (κ3) is 4.38. The van der Waals surface area contributed by atoms with E-state index in [0.717, 1.165) is 0 Å². The zero-order valence-electron chi connectivity index (χ0n) is 12.3. The predicted octanol–water partition coefficient (Wildman–Crippen LogP) is 1.43. The molecule has 1 aliphatic heterocycles. The first kappa shape index (κ1) is 15.8. The van der Waals surface area contributed by atoms with Gasteiger partial charge < -0.3 is 14.2 Å². The van der Waals surface area contributed by atoms with Crippen LogP contribution in [0.5, 0.6) is 0 Å². The molecule has 6 nitrogen and oxygen atoms in total. The molecular formula is C13H23NO5. The largest absolute Gasteiger partial charge is 0.467 e. The van der Waals surface area contributed by atoms with E-state index in [4.69, 9.17) is 14.2 Å². The molecule has 0 aromatic rings. The van der Waals surface area contributed by atoms with Gasteiger partial charge in [0.1, 0.15) is 11.6 Å². The number of rotatable bonds is 3. The summed E-state index contributed by atoms with van der Waals surface area (Å²) < 4.78 is 15.1. The highest BCUT2D eigenvalue weighted by molar-refractivity contribution is 5.82. The molecular weight excluding hydrogens is 250 g/mol. The third-order valence-electron chi connectivity index (χ3n) is 2.89. The van der Waals surface area contributed by atoms with E-state index >= 15 is 0 Å². The number of amides is 1. The van der Waals surface area contributed by atoms with Crippen molar-refractivity contribution in [3.05, 3.63) is 0 Å². The smallest absolute Gasteiger partial charge is 0.411 e. The Balaban J connectivity index is 2.76. The molecule has 0 aliphatic carbocycles. The fraction of sp³-hybridized carbons (Fsp3) is 0.846. The minimum absolute atomic E-state index is 0.126. The lowest BCUT2D eigenvalue weighted by Gasteiger charge is -2.27. The Bertz CT molecular complexity index is 336. The molecule has 1 amide bonds. The van der Waals surface area contributed by atoms with Gasteiger partial charge in [-0.2, -0.15) is 0 Å². The van der Waals surface area contributed by atoms with Crippen LogP contribution >= 0.6 is 0 Å². The van der Waals surface area contributed by atoms with Crippen LogP contribution in [0.25, 0.3) is 0 Å². The van der Waals surface area contributed by atoms with Crippen LogP contribution < -0.4 is 0 Å². The van der Waals surface area contributed by atoms with Crippen LogP contribution in [0.2, 0.25) is 0 Å². The number of hydrogen-bond donors (Lipinski definition) is 0. The van der Waals surface area contributed by atoms with Gasteiger partial charge in [0.05, 0.1) is 13.7 Å². The van der Waals surface area contributed by atoms with Crippen LogP contribution in [0.3, 0.4) is 0 Å². The second-order valence-corrected chi connectivity index (χ2v) is 5.73. The summed E-state index contributed by atoms with van der Waals surface area (Å²) in [6.45, 7) is 6.33. The van der Waals surface area contributed by atoms with Gasteiger partial charge >= 0.3 is 12.1 Å². The van der Waals surface area contributed by atoms with Crippen molar-refractivity contribution in [3.8, 4) is 0 Å². The lowest BCUT2D eigenvalue weighted by Crippen LogP contribution is -2.43. The molecule has 0 spiro atoms. The van der Waals surface area contributed by atoms with E-state index < -0.39 is 23.7 Å². The molecule has 0 unspecified atom stereocenters. The Morgan fingerprint density at radius 2 is 1.89 bits per heavy atom. The molecule has 19 heavy (non-hydrogen) atoms. The summed E-state index contributed by atoms with van der Waals surface area (Å²) in [5.74, 6) is -0.286. The summed E-state index contributed by atoms with van der Waals surface area (Å²) in [5, 5.41) is 0. The first-order chi connectivity index (χ1) is 8.78. The average molecular weight is 273 g/mol. The van der Waals surface area contributed by atoms with Gasteiger partial charge in [0.25, 0.3) is 0 Å².